The van der Waals surface area contributed by atoms with Gasteiger partial charge in [-0.15, -0.1) is 0 Å². The Labute approximate surface area is 147 Å². The largest absolute Gasteiger partial charge is 0.351 e. The topological polar surface area (TPSA) is 75.6 Å². The number of aromatic amines is 1. The van der Waals surface area contributed by atoms with Gasteiger partial charge in [-0.3, -0.25) is 14.6 Å². The number of nitrogens with zero attached hydrogens (tertiary/aromatic N) is 3. The van der Waals surface area contributed by atoms with Crippen LogP contribution >= 0.6 is 55.1 Å². The fourth-order valence-electron chi connectivity index (χ4n) is 1.65. The lowest BCUT2D eigenvalue weighted by Crippen LogP contribution is -2.26. The Bertz CT molecular complexity index is 670. The van der Waals surface area contributed by atoms with Crippen LogP contribution < -0.4 is 5.32 Å². The molecule has 0 saturated heterocycles. The van der Waals surface area contributed by atoms with E-state index in [9.17, 15) is 4.79 Å². The molecule has 1 amide bonds. The summed E-state index contributed by atoms with van der Waals surface area (Å²) in [5.41, 5.74) is 0.994. The van der Waals surface area contributed by atoms with E-state index in [1.165, 1.54) is 0 Å². The summed E-state index contributed by atoms with van der Waals surface area (Å²) < 4.78 is 2.84. The highest BCUT2D eigenvalue weighted by Crippen LogP contribution is 2.25. The van der Waals surface area contributed by atoms with Gasteiger partial charge >= 0.3 is 0 Å². The molecule has 2 N–H and O–H groups in total. The minimum atomic E-state index is -0.260. The van der Waals surface area contributed by atoms with Crippen LogP contribution in [0.1, 0.15) is 22.6 Å². The van der Waals surface area contributed by atoms with Crippen LogP contribution in [0.2, 0.25) is 10.2 Å². The molecule has 2 heterocycles. The van der Waals surface area contributed by atoms with E-state index in [1.54, 1.807) is 11.6 Å². The molecule has 21 heavy (non-hydrogen) atoms. The van der Waals surface area contributed by atoms with Gasteiger partial charge in [0.15, 0.2) is 5.69 Å². The molecular weight excluding hydrogens is 449 g/mol. The smallest absolute Gasteiger partial charge is 0.273 e. The van der Waals surface area contributed by atoms with Crippen molar-refractivity contribution in [3.05, 3.63) is 30.6 Å². The van der Waals surface area contributed by atoms with E-state index < -0.39 is 0 Å². The number of carbonyl (C=O) groups is 1. The van der Waals surface area contributed by atoms with Gasteiger partial charge in [0.05, 0.1) is 10.2 Å². The zero-order chi connectivity index (χ0) is 15.6. The lowest BCUT2D eigenvalue weighted by Gasteiger charge is -2.05. The third-order valence-corrected chi connectivity index (χ3v) is 5.52. The number of halogens is 4. The number of hydrogen-bond donors (Lipinski definition) is 2. The van der Waals surface area contributed by atoms with E-state index in [1.807, 2.05) is 0 Å². The zero-order valence-electron chi connectivity index (χ0n) is 10.9. The van der Waals surface area contributed by atoms with Crippen LogP contribution in [0, 0.1) is 6.92 Å². The maximum Gasteiger partial charge on any atom is 0.273 e. The molecule has 0 fully saturated rings. The van der Waals surface area contributed by atoms with Crippen molar-refractivity contribution in [3.63, 3.8) is 0 Å². The first-order valence-electron chi connectivity index (χ1n) is 5.97. The Balaban J connectivity index is 1.83. The molecule has 114 valence electrons. The molecule has 10 heteroatoms. The number of amides is 1. The highest BCUT2D eigenvalue weighted by atomic mass is 79.9. The van der Waals surface area contributed by atoms with Gasteiger partial charge in [-0.1, -0.05) is 23.2 Å². The second kappa shape index (κ2) is 7.13. The van der Waals surface area contributed by atoms with Crippen molar-refractivity contribution < 1.29 is 4.79 Å². The summed E-state index contributed by atoms with van der Waals surface area (Å²) in [6.07, 6.45) is 0.673. The van der Waals surface area contributed by atoms with Crippen LogP contribution in [0.25, 0.3) is 0 Å². The fourth-order valence-corrected chi connectivity index (χ4v) is 2.68. The molecule has 0 aliphatic heterocycles. The molecule has 0 saturated carbocycles. The van der Waals surface area contributed by atoms with Crippen LogP contribution in [-0.4, -0.2) is 32.4 Å². The zero-order valence-corrected chi connectivity index (χ0v) is 15.6. The summed E-state index contributed by atoms with van der Waals surface area (Å²) >= 11 is 18.5. The molecular formula is C11H11Br2Cl2N5O. The van der Waals surface area contributed by atoms with E-state index in [-0.39, 0.29) is 5.91 Å². The summed E-state index contributed by atoms with van der Waals surface area (Å²) in [6.45, 7) is 2.83. The Morgan fingerprint density at radius 3 is 2.67 bits per heavy atom. The molecule has 2 aromatic heterocycles. The van der Waals surface area contributed by atoms with E-state index >= 15 is 0 Å². The van der Waals surface area contributed by atoms with Gasteiger partial charge in [-0.05, 0) is 45.2 Å². The SMILES string of the molecule is Cc1nn(CCCNC(=O)c2n[nH]c(Br)c2Br)c(Cl)c1Cl. The molecule has 0 aliphatic carbocycles. The van der Waals surface area contributed by atoms with E-state index in [4.69, 9.17) is 23.2 Å². The summed E-state index contributed by atoms with van der Waals surface area (Å²) in [5.74, 6) is -0.260. The Hall–Kier alpha value is -0.570. The third kappa shape index (κ3) is 3.80. The Morgan fingerprint density at radius 1 is 1.43 bits per heavy atom. The van der Waals surface area contributed by atoms with Crippen molar-refractivity contribution in [1.82, 2.24) is 25.3 Å². The second-order valence-electron chi connectivity index (χ2n) is 4.22. The Morgan fingerprint density at radius 2 is 2.14 bits per heavy atom. The van der Waals surface area contributed by atoms with Gasteiger partial charge < -0.3 is 5.32 Å². The van der Waals surface area contributed by atoms with Gasteiger partial charge in [-0.25, -0.2) is 0 Å². The molecule has 0 aliphatic rings. The predicted molar refractivity (Wildman–Crippen MR) is 87.9 cm³/mol. The lowest BCUT2D eigenvalue weighted by atomic mass is 10.3. The number of aromatic nitrogens is 4. The predicted octanol–water partition coefficient (Wildman–Crippen LogP) is 3.57. The molecule has 0 unspecified atom stereocenters. The van der Waals surface area contributed by atoms with Crippen LogP contribution in [0.4, 0.5) is 0 Å². The molecule has 0 radical (unpaired) electrons. The minimum absolute atomic E-state index is 0.260. The number of hydrogen-bond acceptors (Lipinski definition) is 3. The lowest BCUT2D eigenvalue weighted by molar-refractivity contribution is 0.0947. The monoisotopic (exact) mass is 457 g/mol. The number of nitrogens with one attached hydrogen (secondary N) is 2. The average molecular weight is 460 g/mol. The molecule has 2 aromatic rings. The van der Waals surface area contributed by atoms with Crippen molar-refractivity contribution in [2.45, 2.75) is 19.9 Å². The first kappa shape index (κ1) is 16.8. The fraction of sp³-hybridized carbons (Fsp3) is 0.364. The number of H-pyrrole nitrogens is 1. The quantitative estimate of drug-likeness (QED) is 0.671. The average Bonchev–Trinajstić information content (AvgIpc) is 2.91. The van der Waals surface area contributed by atoms with Crippen molar-refractivity contribution in [2.24, 2.45) is 0 Å². The van der Waals surface area contributed by atoms with Gasteiger partial charge in [0.2, 0.25) is 0 Å². The van der Waals surface area contributed by atoms with Crippen LogP contribution in [0.3, 0.4) is 0 Å². The molecule has 0 atom stereocenters. The maximum atomic E-state index is 11.9. The maximum absolute atomic E-state index is 11.9. The van der Waals surface area contributed by atoms with Crippen molar-refractivity contribution in [1.29, 1.82) is 0 Å². The van der Waals surface area contributed by atoms with Crippen molar-refractivity contribution in [3.8, 4) is 0 Å². The van der Waals surface area contributed by atoms with Gasteiger partial charge in [0.25, 0.3) is 5.91 Å². The third-order valence-electron chi connectivity index (χ3n) is 2.71. The molecule has 2 rings (SSSR count). The van der Waals surface area contributed by atoms with Crippen molar-refractivity contribution >= 4 is 61.0 Å². The van der Waals surface area contributed by atoms with E-state index in [0.717, 1.165) is 0 Å². The second-order valence-corrected chi connectivity index (χ2v) is 6.54. The highest BCUT2D eigenvalue weighted by molar-refractivity contribution is 9.13. The molecule has 0 aromatic carbocycles. The number of aryl methyl sites for hydroxylation is 2. The first-order chi connectivity index (χ1) is 9.91. The van der Waals surface area contributed by atoms with E-state index in [2.05, 4.69) is 52.5 Å². The Kier molecular flexibility index (Phi) is 5.70. The summed E-state index contributed by atoms with van der Waals surface area (Å²) in [4.78, 5) is 11.9. The highest BCUT2D eigenvalue weighted by Gasteiger charge is 2.16. The minimum Gasteiger partial charge on any atom is -0.351 e. The molecule has 0 spiro atoms. The number of carbonyl (C=O) groups excluding carboxylic acids is 1. The van der Waals surface area contributed by atoms with Gasteiger partial charge in [-0.2, -0.15) is 10.2 Å². The van der Waals surface area contributed by atoms with Crippen LogP contribution in [0.5, 0.6) is 0 Å². The molecule has 0 bridgehead atoms. The first-order valence-corrected chi connectivity index (χ1v) is 8.32. The van der Waals surface area contributed by atoms with Crippen LogP contribution in [-0.2, 0) is 6.54 Å². The summed E-state index contributed by atoms with van der Waals surface area (Å²) in [7, 11) is 0. The molecule has 6 nitrogen and oxygen atoms in total. The van der Waals surface area contributed by atoms with E-state index in [0.29, 0.717) is 50.1 Å². The van der Waals surface area contributed by atoms with Gasteiger partial charge in [0, 0.05) is 13.1 Å². The normalized spacial score (nSPS) is 10.9. The van der Waals surface area contributed by atoms with Gasteiger partial charge in [0.1, 0.15) is 14.8 Å². The van der Waals surface area contributed by atoms with Crippen molar-refractivity contribution in [2.75, 3.05) is 6.54 Å². The summed E-state index contributed by atoms with van der Waals surface area (Å²) in [6, 6.07) is 0. The number of rotatable bonds is 5. The summed E-state index contributed by atoms with van der Waals surface area (Å²) in [5, 5.41) is 14.4. The van der Waals surface area contributed by atoms with Crippen LogP contribution in [0.15, 0.2) is 9.08 Å². The standard InChI is InChI=1S/C11H11Br2Cl2N5O/c1-5-7(14)10(15)20(19-5)4-2-3-16-11(21)8-6(12)9(13)18-17-8/h2-4H2,1H3,(H,16,21)(H,17,18).